The lowest BCUT2D eigenvalue weighted by atomic mass is 10.1. The third-order valence-electron chi connectivity index (χ3n) is 5.68. The number of aromatic nitrogens is 2. The first-order valence-corrected chi connectivity index (χ1v) is 13.0. The minimum absolute atomic E-state index is 0.0310. The Labute approximate surface area is 187 Å². The van der Waals surface area contributed by atoms with Crippen LogP contribution in [0.25, 0.3) is 11.0 Å². The summed E-state index contributed by atoms with van der Waals surface area (Å²) in [5.41, 5.74) is 1.54. The number of benzene rings is 1. The molecule has 0 bridgehead atoms. The summed E-state index contributed by atoms with van der Waals surface area (Å²) in [7, 11) is -3.53. The molecule has 174 valence electrons. The summed E-state index contributed by atoms with van der Waals surface area (Å²) >= 11 is 0. The third-order valence-corrected chi connectivity index (χ3v) is 7.73. The number of carbonyl (C=O) groups excluding carboxylic acids is 1. The summed E-state index contributed by atoms with van der Waals surface area (Å²) in [4.78, 5) is 17.3. The van der Waals surface area contributed by atoms with Gasteiger partial charge in [-0.1, -0.05) is 40.0 Å². The highest BCUT2D eigenvalue weighted by Gasteiger charge is 2.23. The fourth-order valence-corrected chi connectivity index (χ4v) is 5.40. The molecule has 0 aliphatic rings. The van der Waals surface area contributed by atoms with E-state index < -0.39 is 10.0 Å². The second-order valence-corrected chi connectivity index (χ2v) is 9.91. The molecule has 8 heteroatoms. The molecular formula is C23H38N4O3S. The summed E-state index contributed by atoms with van der Waals surface area (Å²) in [6, 6.07) is 5.30. The van der Waals surface area contributed by atoms with Crippen molar-refractivity contribution in [1.29, 1.82) is 0 Å². The zero-order valence-electron chi connectivity index (χ0n) is 19.6. The molecule has 1 atom stereocenters. The minimum atomic E-state index is -3.53. The first-order valence-electron chi connectivity index (χ1n) is 11.6. The summed E-state index contributed by atoms with van der Waals surface area (Å²) in [5.74, 6) is 0.840. The van der Waals surface area contributed by atoms with Crippen LogP contribution in [0.1, 0.15) is 72.5 Å². The number of rotatable bonds is 13. The normalized spacial score (nSPS) is 13.1. The SMILES string of the molecule is CCCCCC(C)NC(=O)CCc1nc2cc(S(=O)(=O)N(CC)CC)ccc2n1CC. The van der Waals surface area contributed by atoms with Crippen molar-refractivity contribution in [2.45, 2.75) is 90.6 Å². The van der Waals surface area contributed by atoms with Crippen molar-refractivity contribution in [2.75, 3.05) is 13.1 Å². The number of amides is 1. The van der Waals surface area contributed by atoms with Gasteiger partial charge in [-0.2, -0.15) is 4.31 Å². The molecule has 0 aliphatic heterocycles. The van der Waals surface area contributed by atoms with Gasteiger partial charge in [0.25, 0.3) is 0 Å². The van der Waals surface area contributed by atoms with Gasteiger partial charge < -0.3 is 9.88 Å². The number of sulfonamides is 1. The average Bonchev–Trinajstić information content (AvgIpc) is 3.09. The van der Waals surface area contributed by atoms with E-state index in [0.717, 1.165) is 24.2 Å². The number of aryl methyl sites for hydroxylation is 2. The highest BCUT2D eigenvalue weighted by atomic mass is 32.2. The van der Waals surface area contributed by atoms with E-state index >= 15 is 0 Å². The van der Waals surface area contributed by atoms with Crippen LogP contribution in [0, 0.1) is 0 Å². The zero-order valence-corrected chi connectivity index (χ0v) is 20.5. The molecule has 0 saturated heterocycles. The molecule has 2 rings (SSSR count). The van der Waals surface area contributed by atoms with Gasteiger partial charge in [0.1, 0.15) is 5.82 Å². The molecule has 1 heterocycles. The smallest absolute Gasteiger partial charge is 0.243 e. The van der Waals surface area contributed by atoms with Crippen molar-refractivity contribution in [3.8, 4) is 0 Å². The molecule has 1 aromatic heterocycles. The van der Waals surface area contributed by atoms with Gasteiger partial charge in [-0.15, -0.1) is 0 Å². The van der Waals surface area contributed by atoms with Gasteiger partial charge in [0.05, 0.1) is 15.9 Å². The van der Waals surface area contributed by atoms with E-state index in [1.54, 1.807) is 12.1 Å². The molecular weight excluding hydrogens is 412 g/mol. The van der Waals surface area contributed by atoms with Gasteiger partial charge in [0.15, 0.2) is 0 Å². The summed E-state index contributed by atoms with van der Waals surface area (Å²) in [6.07, 6.45) is 5.37. The van der Waals surface area contributed by atoms with E-state index in [-0.39, 0.29) is 16.8 Å². The van der Waals surface area contributed by atoms with Gasteiger partial charge in [-0.3, -0.25) is 4.79 Å². The predicted molar refractivity (Wildman–Crippen MR) is 126 cm³/mol. The lowest BCUT2D eigenvalue weighted by Crippen LogP contribution is -2.32. The number of imidazole rings is 1. The summed E-state index contributed by atoms with van der Waals surface area (Å²) in [6.45, 7) is 11.5. The van der Waals surface area contributed by atoms with Crippen LogP contribution in [0.2, 0.25) is 0 Å². The second-order valence-electron chi connectivity index (χ2n) is 7.98. The van der Waals surface area contributed by atoms with E-state index in [1.165, 1.54) is 17.1 Å². The number of hydrogen-bond donors (Lipinski definition) is 1. The van der Waals surface area contributed by atoms with Gasteiger partial charge in [-0.25, -0.2) is 13.4 Å². The Hall–Kier alpha value is -1.93. The number of unbranched alkanes of at least 4 members (excludes halogenated alkanes) is 2. The first-order chi connectivity index (χ1) is 14.8. The Morgan fingerprint density at radius 1 is 1.16 bits per heavy atom. The van der Waals surface area contributed by atoms with Crippen molar-refractivity contribution in [3.05, 3.63) is 24.0 Å². The number of fused-ring (bicyclic) bond motifs is 1. The van der Waals surface area contributed by atoms with Crippen molar-refractivity contribution >= 4 is 27.0 Å². The van der Waals surface area contributed by atoms with E-state index in [2.05, 4.69) is 21.8 Å². The fourth-order valence-electron chi connectivity index (χ4n) is 3.92. The minimum Gasteiger partial charge on any atom is -0.354 e. The van der Waals surface area contributed by atoms with E-state index in [0.29, 0.717) is 38.0 Å². The van der Waals surface area contributed by atoms with Gasteiger partial charge in [0.2, 0.25) is 15.9 Å². The van der Waals surface area contributed by atoms with E-state index in [1.807, 2.05) is 33.8 Å². The van der Waals surface area contributed by atoms with Gasteiger partial charge >= 0.3 is 0 Å². The van der Waals surface area contributed by atoms with Crippen LogP contribution in [0.15, 0.2) is 23.1 Å². The lowest BCUT2D eigenvalue weighted by Gasteiger charge is -2.18. The summed E-state index contributed by atoms with van der Waals surface area (Å²) < 4.78 is 29.2. The standard InChI is InChI=1S/C23H38N4O3S/c1-6-10-11-12-18(5)24-23(28)16-15-22-25-20-17-19(13-14-21(20)27(22)9-4)31(29,30)26(7-2)8-3/h13-14,17-18H,6-12,15-16H2,1-5H3,(H,24,28). The van der Waals surface area contributed by atoms with E-state index in [9.17, 15) is 13.2 Å². The van der Waals surface area contributed by atoms with Crippen LogP contribution < -0.4 is 5.32 Å². The van der Waals surface area contributed by atoms with Crippen LogP contribution in [0.3, 0.4) is 0 Å². The Morgan fingerprint density at radius 2 is 1.87 bits per heavy atom. The molecule has 1 aromatic carbocycles. The second kappa shape index (κ2) is 11.6. The predicted octanol–water partition coefficient (Wildman–Crippen LogP) is 4.10. The Balaban J connectivity index is 2.15. The monoisotopic (exact) mass is 450 g/mol. The molecule has 1 amide bonds. The third kappa shape index (κ3) is 6.29. The van der Waals surface area contributed by atoms with E-state index in [4.69, 9.17) is 0 Å². The molecule has 2 aromatic rings. The largest absolute Gasteiger partial charge is 0.354 e. The quantitative estimate of drug-likeness (QED) is 0.466. The Morgan fingerprint density at radius 3 is 2.48 bits per heavy atom. The van der Waals surface area contributed by atoms with Crippen molar-refractivity contribution in [2.24, 2.45) is 0 Å². The molecule has 7 nitrogen and oxygen atoms in total. The Bertz CT molecular complexity index is 965. The van der Waals surface area contributed by atoms with Crippen LogP contribution >= 0.6 is 0 Å². The molecule has 0 fully saturated rings. The van der Waals surface area contributed by atoms with Crippen molar-refractivity contribution in [3.63, 3.8) is 0 Å². The van der Waals surface area contributed by atoms with Crippen LogP contribution in [-0.4, -0.2) is 47.3 Å². The molecule has 0 saturated carbocycles. The van der Waals surface area contributed by atoms with Crippen molar-refractivity contribution < 1.29 is 13.2 Å². The number of hydrogen-bond acceptors (Lipinski definition) is 4. The Kier molecular flexibility index (Phi) is 9.50. The molecule has 1 N–H and O–H groups in total. The van der Waals surface area contributed by atoms with Crippen LogP contribution in [-0.2, 0) is 27.8 Å². The average molecular weight is 451 g/mol. The first kappa shape index (κ1) is 25.3. The highest BCUT2D eigenvalue weighted by Crippen LogP contribution is 2.23. The van der Waals surface area contributed by atoms with Crippen LogP contribution in [0.5, 0.6) is 0 Å². The number of nitrogens with one attached hydrogen (secondary N) is 1. The van der Waals surface area contributed by atoms with Crippen LogP contribution in [0.4, 0.5) is 0 Å². The lowest BCUT2D eigenvalue weighted by molar-refractivity contribution is -0.121. The molecule has 1 unspecified atom stereocenters. The molecule has 0 spiro atoms. The molecule has 0 aliphatic carbocycles. The fraction of sp³-hybridized carbons (Fsp3) is 0.652. The number of nitrogens with zero attached hydrogens (tertiary/aromatic N) is 3. The highest BCUT2D eigenvalue weighted by molar-refractivity contribution is 7.89. The van der Waals surface area contributed by atoms with Gasteiger partial charge in [-0.05, 0) is 38.5 Å². The number of carbonyl (C=O) groups is 1. The maximum absolute atomic E-state index is 12.8. The maximum Gasteiger partial charge on any atom is 0.243 e. The maximum atomic E-state index is 12.8. The van der Waals surface area contributed by atoms with Gasteiger partial charge in [0, 0.05) is 38.5 Å². The molecule has 31 heavy (non-hydrogen) atoms. The summed E-state index contributed by atoms with van der Waals surface area (Å²) in [5, 5.41) is 3.07. The topological polar surface area (TPSA) is 84.3 Å². The molecule has 0 radical (unpaired) electrons. The van der Waals surface area contributed by atoms with Crippen molar-refractivity contribution in [1.82, 2.24) is 19.2 Å². The zero-order chi connectivity index (χ0) is 23.0.